The molecule has 1 fully saturated rings. The van der Waals surface area contributed by atoms with E-state index in [-0.39, 0.29) is 0 Å². The zero-order valence-corrected chi connectivity index (χ0v) is 15.2. The molecule has 1 atom stereocenters. The van der Waals surface area contributed by atoms with Crippen LogP contribution in [0, 0.1) is 0 Å². The van der Waals surface area contributed by atoms with Crippen LogP contribution in [0.1, 0.15) is 25.3 Å². The highest BCUT2D eigenvalue weighted by Gasteiger charge is 2.20. The van der Waals surface area contributed by atoms with E-state index in [1.54, 1.807) is 7.11 Å². The third-order valence-electron chi connectivity index (χ3n) is 4.59. The van der Waals surface area contributed by atoms with E-state index in [9.17, 15) is 0 Å². The molecular weight excluding hydrogens is 312 g/mol. The molecule has 1 heterocycles. The zero-order valence-electron chi connectivity index (χ0n) is 15.2. The van der Waals surface area contributed by atoms with Crippen LogP contribution in [0.2, 0.25) is 0 Å². The minimum atomic E-state index is 0.458. The molecule has 0 spiro atoms. The van der Waals surface area contributed by atoms with Gasteiger partial charge in [0.15, 0.2) is 11.5 Å². The van der Waals surface area contributed by atoms with Gasteiger partial charge in [-0.05, 0) is 44.0 Å². The molecule has 1 saturated heterocycles. The Hall–Kier alpha value is -2.20. The number of rotatable bonds is 7. The van der Waals surface area contributed by atoms with Crippen LogP contribution in [0.3, 0.4) is 0 Å². The van der Waals surface area contributed by atoms with Gasteiger partial charge in [0, 0.05) is 30.9 Å². The van der Waals surface area contributed by atoms with Crippen molar-refractivity contribution >= 4 is 5.69 Å². The molecule has 0 aromatic heterocycles. The van der Waals surface area contributed by atoms with Crippen molar-refractivity contribution in [2.24, 2.45) is 0 Å². The predicted octanol–water partition coefficient (Wildman–Crippen LogP) is 4.17. The smallest absolute Gasteiger partial charge is 0.162 e. The van der Waals surface area contributed by atoms with Crippen molar-refractivity contribution in [2.75, 3.05) is 32.1 Å². The molecule has 0 amide bonds. The second-order valence-corrected chi connectivity index (χ2v) is 6.50. The normalized spacial score (nSPS) is 17.9. The minimum Gasteiger partial charge on any atom is -0.493 e. The number of ether oxygens (including phenoxy) is 2. The Morgan fingerprint density at radius 3 is 2.72 bits per heavy atom. The summed E-state index contributed by atoms with van der Waals surface area (Å²) in [5.74, 6) is 1.58. The monoisotopic (exact) mass is 340 g/mol. The van der Waals surface area contributed by atoms with Crippen LogP contribution in [0.15, 0.2) is 48.5 Å². The second-order valence-electron chi connectivity index (χ2n) is 6.50. The van der Waals surface area contributed by atoms with Gasteiger partial charge in [0.1, 0.15) is 0 Å². The van der Waals surface area contributed by atoms with Gasteiger partial charge in [0.25, 0.3) is 0 Å². The third kappa shape index (κ3) is 4.89. The van der Waals surface area contributed by atoms with Crippen LogP contribution in [-0.2, 0) is 6.54 Å². The molecule has 0 aliphatic carbocycles. The Bertz CT molecular complexity index is 660. The molecule has 0 saturated carbocycles. The fourth-order valence-electron chi connectivity index (χ4n) is 3.43. The van der Waals surface area contributed by atoms with Crippen molar-refractivity contribution in [3.8, 4) is 11.5 Å². The maximum Gasteiger partial charge on any atom is 0.162 e. The highest BCUT2D eigenvalue weighted by atomic mass is 16.5. The maximum absolute atomic E-state index is 5.60. The predicted molar refractivity (Wildman–Crippen MR) is 103 cm³/mol. The zero-order chi connectivity index (χ0) is 17.5. The van der Waals surface area contributed by atoms with Gasteiger partial charge in [-0.1, -0.05) is 30.3 Å². The van der Waals surface area contributed by atoms with Gasteiger partial charge in [-0.2, -0.15) is 0 Å². The summed E-state index contributed by atoms with van der Waals surface area (Å²) in [7, 11) is 1.68. The van der Waals surface area contributed by atoms with Crippen LogP contribution in [0.5, 0.6) is 11.5 Å². The molecule has 2 aromatic carbocycles. The number of benzene rings is 2. The van der Waals surface area contributed by atoms with E-state index >= 15 is 0 Å². The molecule has 1 aliphatic heterocycles. The van der Waals surface area contributed by atoms with Crippen molar-refractivity contribution in [1.29, 1.82) is 0 Å². The molecule has 1 N–H and O–H groups in total. The molecule has 1 aliphatic rings. The van der Waals surface area contributed by atoms with E-state index in [4.69, 9.17) is 9.47 Å². The molecule has 1 unspecified atom stereocenters. The SMILES string of the molecule is CCOc1ccc(NC2CCCN(Cc3ccccc3)C2)cc1OC. The molecule has 2 aromatic rings. The standard InChI is InChI=1S/C21H28N2O2/c1-3-25-20-12-11-18(14-21(20)24-2)22-19-10-7-13-23(16-19)15-17-8-5-4-6-9-17/h4-6,8-9,11-12,14,19,22H,3,7,10,13,15-16H2,1-2H3. The van der Waals surface area contributed by atoms with E-state index in [2.05, 4.69) is 46.6 Å². The van der Waals surface area contributed by atoms with Gasteiger partial charge in [-0.25, -0.2) is 0 Å². The number of piperidine rings is 1. The third-order valence-corrected chi connectivity index (χ3v) is 4.59. The molecule has 25 heavy (non-hydrogen) atoms. The van der Waals surface area contributed by atoms with E-state index in [1.807, 2.05) is 19.1 Å². The van der Waals surface area contributed by atoms with Crippen LogP contribution < -0.4 is 14.8 Å². The van der Waals surface area contributed by atoms with Gasteiger partial charge in [-0.3, -0.25) is 4.90 Å². The number of likely N-dealkylation sites (tertiary alicyclic amines) is 1. The Labute approximate surface area is 150 Å². The fourth-order valence-corrected chi connectivity index (χ4v) is 3.43. The van der Waals surface area contributed by atoms with Crippen molar-refractivity contribution in [3.63, 3.8) is 0 Å². The van der Waals surface area contributed by atoms with Crippen LogP contribution in [0.4, 0.5) is 5.69 Å². The quantitative estimate of drug-likeness (QED) is 0.820. The first-order chi connectivity index (χ1) is 12.3. The minimum absolute atomic E-state index is 0.458. The lowest BCUT2D eigenvalue weighted by molar-refractivity contribution is 0.208. The average molecular weight is 340 g/mol. The van der Waals surface area contributed by atoms with Crippen molar-refractivity contribution in [2.45, 2.75) is 32.4 Å². The highest BCUT2D eigenvalue weighted by Crippen LogP contribution is 2.31. The summed E-state index contributed by atoms with van der Waals surface area (Å²) in [5.41, 5.74) is 2.47. The summed E-state index contributed by atoms with van der Waals surface area (Å²) < 4.78 is 11.0. The van der Waals surface area contributed by atoms with Gasteiger partial charge < -0.3 is 14.8 Å². The van der Waals surface area contributed by atoms with Gasteiger partial charge in [0.2, 0.25) is 0 Å². The lowest BCUT2D eigenvalue weighted by Crippen LogP contribution is -2.41. The fraction of sp³-hybridized carbons (Fsp3) is 0.429. The first kappa shape index (κ1) is 17.6. The number of anilines is 1. The summed E-state index contributed by atoms with van der Waals surface area (Å²) in [6, 6.07) is 17.2. The van der Waals surface area contributed by atoms with E-state index in [0.29, 0.717) is 12.6 Å². The maximum atomic E-state index is 5.60. The van der Waals surface area contributed by atoms with Gasteiger partial charge in [-0.15, -0.1) is 0 Å². The van der Waals surface area contributed by atoms with Gasteiger partial charge >= 0.3 is 0 Å². The van der Waals surface area contributed by atoms with Crippen LogP contribution >= 0.6 is 0 Å². The van der Waals surface area contributed by atoms with E-state index in [1.165, 1.54) is 24.9 Å². The summed E-state index contributed by atoms with van der Waals surface area (Å²) in [4.78, 5) is 2.53. The Balaban J connectivity index is 1.60. The Morgan fingerprint density at radius 1 is 1.12 bits per heavy atom. The molecule has 134 valence electrons. The molecular formula is C21H28N2O2. The molecule has 0 radical (unpaired) electrons. The van der Waals surface area contributed by atoms with Crippen molar-refractivity contribution in [3.05, 3.63) is 54.1 Å². The van der Waals surface area contributed by atoms with Crippen molar-refractivity contribution in [1.82, 2.24) is 4.90 Å². The van der Waals surface area contributed by atoms with Crippen molar-refractivity contribution < 1.29 is 9.47 Å². The first-order valence-corrected chi connectivity index (χ1v) is 9.12. The highest BCUT2D eigenvalue weighted by molar-refractivity contribution is 5.55. The summed E-state index contributed by atoms with van der Waals surface area (Å²) >= 11 is 0. The lowest BCUT2D eigenvalue weighted by atomic mass is 10.0. The molecule has 0 bridgehead atoms. The second kappa shape index (κ2) is 8.77. The number of nitrogens with one attached hydrogen (secondary N) is 1. The van der Waals surface area contributed by atoms with Gasteiger partial charge in [0.05, 0.1) is 13.7 Å². The summed E-state index contributed by atoms with van der Waals surface area (Å²) in [6.45, 7) is 5.87. The molecule has 4 heteroatoms. The summed E-state index contributed by atoms with van der Waals surface area (Å²) in [5, 5.41) is 3.66. The lowest BCUT2D eigenvalue weighted by Gasteiger charge is -2.33. The average Bonchev–Trinajstić information content (AvgIpc) is 2.64. The Kier molecular flexibility index (Phi) is 6.18. The Morgan fingerprint density at radius 2 is 1.96 bits per heavy atom. The molecule has 4 nitrogen and oxygen atoms in total. The number of hydrogen-bond donors (Lipinski definition) is 1. The topological polar surface area (TPSA) is 33.7 Å². The summed E-state index contributed by atoms with van der Waals surface area (Å²) in [6.07, 6.45) is 2.42. The number of nitrogens with zero attached hydrogens (tertiary/aromatic N) is 1. The molecule has 3 rings (SSSR count). The number of methoxy groups -OCH3 is 1. The van der Waals surface area contributed by atoms with E-state index < -0.39 is 0 Å². The van der Waals surface area contributed by atoms with Crippen LogP contribution in [0.25, 0.3) is 0 Å². The number of hydrogen-bond acceptors (Lipinski definition) is 4. The van der Waals surface area contributed by atoms with E-state index in [0.717, 1.165) is 30.3 Å². The van der Waals surface area contributed by atoms with Crippen LogP contribution in [-0.4, -0.2) is 37.7 Å². The largest absolute Gasteiger partial charge is 0.493 e. The first-order valence-electron chi connectivity index (χ1n) is 9.12.